The average molecular weight is 193 g/mol. The highest BCUT2D eigenvalue weighted by molar-refractivity contribution is 5.52. The predicted molar refractivity (Wildman–Crippen MR) is 60.2 cm³/mol. The molecule has 0 heterocycles. The van der Waals surface area contributed by atoms with Crippen LogP contribution in [-0.2, 0) is 0 Å². The fourth-order valence-electron chi connectivity index (χ4n) is 1.58. The van der Waals surface area contributed by atoms with Crippen LogP contribution in [0.5, 0.6) is 0 Å². The molecule has 0 aliphatic heterocycles. The zero-order valence-corrected chi connectivity index (χ0v) is 9.17. The van der Waals surface area contributed by atoms with Crippen LogP contribution >= 0.6 is 0 Å². The zero-order chi connectivity index (χ0) is 10.7. The van der Waals surface area contributed by atoms with Crippen molar-refractivity contribution in [2.24, 2.45) is 0 Å². The molecule has 0 aliphatic carbocycles. The molecule has 2 nitrogen and oxygen atoms in total. The zero-order valence-electron chi connectivity index (χ0n) is 9.17. The maximum Gasteiger partial charge on any atom is 0.0809 e. The first kappa shape index (κ1) is 11.1. The minimum atomic E-state index is -0.417. The van der Waals surface area contributed by atoms with Crippen LogP contribution in [0.25, 0.3) is 0 Å². The van der Waals surface area contributed by atoms with Crippen LogP contribution < -0.4 is 5.73 Å². The van der Waals surface area contributed by atoms with E-state index in [4.69, 9.17) is 5.73 Å². The molecule has 0 bridgehead atoms. The Kier molecular flexibility index (Phi) is 3.53. The van der Waals surface area contributed by atoms with E-state index in [1.807, 2.05) is 26.0 Å². The van der Waals surface area contributed by atoms with Crippen molar-refractivity contribution in [2.75, 3.05) is 5.73 Å². The fourth-order valence-corrected chi connectivity index (χ4v) is 1.58. The third kappa shape index (κ3) is 2.26. The molecule has 2 heteroatoms. The van der Waals surface area contributed by atoms with E-state index in [1.165, 1.54) is 11.1 Å². The molecule has 0 saturated heterocycles. The van der Waals surface area contributed by atoms with Gasteiger partial charge in [-0.3, -0.25) is 0 Å². The standard InChI is InChI=1S/C12H19NO/c1-4-5-12(14)10-6-8(2)9(3)7-11(10)13/h6-7,12,14H,4-5,13H2,1-3H3. The molecule has 78 valence electrons. The third-order valence-electron chi connectivity index (χ3n) is 2.62. The van der Waals surface area contributed by atoms with Gasteiger partial charge in [0.25, 0.3) is 0 Å². The summed E-state index contributed by atoms with van der Waals surface area (Å²) in [5, 5.41) is 9.84. The van der Waals surface area contributed by atoms with E-state index in [0.29, 0.717) is 5.69 Å². The van der Waals surface area contributed by atoms with Crippen molar-refractivity contribution >= 4 is 5.69 Å². The molecule has 3 N–H and O–H groups in total. The number of hydrogen-bond acceptors (Lipinski definition) is 2. The predicted octanol–water partition coefficient (Wildman–Crippen LogP) is 2.72. The molecule has 0 saturated carbocycles. The Morgan fingerprint density at radius 1 is 1.29 bits per heavy atom. The van der Waals surface area contributed by atoms with Gasteiger partial charge in [-0.15, -0.1) is 0 Å². The van der Waals surface area contributed by atoms with E-state index in [9.17, 15) is 5.11 Å². The largest absolute Gasteiger partial charge is 0.398 e. The summed E-state index contributed by atoms with van der Waals surface area (Å²) in [6.45, 7) is 6.12. The van der Waals surface area contributed by atoms with Gasteiger partial charge in [0.1, 0.15) is 0 Å². The highest BCUT2D eigenvalue weighted by atomic mass is 16.3. The van der Waals surface area contributed by atoms with Gasteiger partial charge in [0.2, 0.25) is 0 Å². The second kappa shape index (κ2) is 4.47. The minimum absolute atomic E-state index is 0.417. The number of rotatable bonds is 3. The van der Waals surface area contributed by atoms with Crippen LogP contribution in [0, 0.1) is 13.8 Å². The lowest BCUT2D eigenvalue weighted by atomic mass is 9.98. The van der Waals surface area contributed by atoms with Gasteiger partial charge in [0.05, 0.1) is 6.10 Å². The van der Waals surface area contributed by atoms with Gasteiger partial charge < -0.3 is 10.8 Å². The molecule has 1 atom stereocenters. The summed E-state index contributed by atoms with van der Waals surface area (Å²) in [7, 11) is 0. The molecule has 14 heavy (non-hydrogen) atoms. The maximum absolute atomic E-state index is 9.84. The number of anilines is 1. The Hall–Kier alpha value is -1.02. The van der Waals surface area contributed by atoms with Gasteiger partial charge in [0, 0.05) is 11.3 Å². The second-order valence-corrected chi connectivity index (χ2v) is 3.87. The van der Waals surface area contributed by atoms with Crippen molar-refractivity contribution in [3.05, 3.63) is 28.8 Å². The van der Waals surface area contributed by atoms with Crippen molar-refractivity contribution in [1.82, 2.24) is 0 Å². The third-order valence-corrected chi connectivity index (χ3v) is 2.62. The summed E-state index contributed by atoms with van der Waals surface area (Å²) < 4.78 is 0. The lowest BCUT2D eigenvalue weighted by Gasteiger charge is -2.14. The van der Waals surface area contributed by atoms with Crippen molar-refractivity contribution in [1.29, 1.82) is 0 Å². The Bertz CT molecular complexity index is 320. The summed E-state index contributed by atoms with van der Waals surface area (Å²) >= 11 is 0. The van der Waals surface area contributed by atoms with Crippen molar-refractivity contribution in [3.8, 4) is 0 Å². The second-order valence-electron chi connectivity index (χ2n) is 3.87. The van der Waals surface area contributed by atoms with Gasteiger partial charge in [0.15, 0.2) is 0 Å². The highest BCUT2D eigenvalue weighted by Crippen LogP contribution is 2.26. The van der Waals surface area contributed by atoms with E-state index < -0.39 is 6.10 Å². The van der Waals surface area contributed by atoms with Gasteiger partial charge in [-0.05, 0) is 37.5 Å². The summed E-state index contributed by atoms with van der Waals surface area (Å²) in [5.74, 6) is 0. The van der Waals surface area contributed by atoms with E-state index in [-0.39, 0.29) is 0 Å². The van der Waals surface area contributed by atoms with Crippen molar-refractivity contribution < 1.29 is 5.11 Å². The highest BCUT2D eigenvalue weighted by Gasteiger charge is 2.11. The first-order valence-corrected chi connectivity index (χ1v) is 5.11. The van der Waals surface area contributed by atoms with Crippen LogP contribution in [0.4, 0.5) is 5.69 Å². The molecule has 1 aromatic rings. The Labute approximate surface area is 85.8 Å². The average Bonchev–Trinajstić information content (AvgIpc) is 2.11. The number of aryl methyl sites for hydroxylation is 2. The summed E-state index contributed by atoms with van der Waals surface area (Å²) in [6, 6.07) is 3.93. The molecule has 1 rings (SSSR count). The molecule has 0 amide bonds. The first-order chi connectivity index (χ1) is 6.56. The molecule has 0 spiro atoms. The number of nitrogen functional groups attached to an aromatic ring is 1. The minimum Gasteiger partial charge on any atom is -0.398 e. The first-order valence-electron chi connectivity index (χ1n) is 5.11. The Morgan fingerprint density at radius 2 is 1.86 bits per heavy atom. The number of aliphatic hydroxyl groups is 1. The molecule has 1 unspecified atom stereocenters. The Balaban J connectivity index is 3.02. The number of aliphatic hydroxyl groups excluding tert-OH is 1. The van der Waals surface area contributed by atoms with E-state index in [0.717, 1.165) is 18.4 Å². The van der Waals surface area contributed by atoms with E-state index in [2.05, 4.69) is 6.92 Å². The van der Waals surface area contributed by atoms with Crippen molar-refractivity contribution in [3.63, 3.8) is 0 Å². The van der Waals surface area contributed by atoms with Crippen LogP contribution in [0.1, 0.15) is 42.6 Å². The van der Waals surface area contributed by atoms with E-state index >= 15 is 0 Å². The lowest BCUT2D eigenvalue weighted by molar-refractivity contribution is 0.167. The SMILES string of the molecule is CCCC(O)c1cc(C)c(C)cc1N. The molecule has 0 radical (unpaired) electrons. The van der Waals surface area contributed by atoms with Crippen LogP contribution in [0.15, 0.2) is 12.1 Å². The molecule has 0 fully saturated rings. The Morgan fingerprint density at radius 3 is 2.43 bits per heavy atom. The molecule has 1 aromatic carbocycles. The maximum atomic E-state index is 9.84. The van der Waals surface area contributed by atoms with Crippen molar-refractivity contribution in [2.45, 2.75) is 39.7 Å². The number of benzene rings is 1. The molecule has 0 aromatic heterocycles. The molecule has 0 aliphatic rings. The number of hydrogen-bond donors (Lipinski definition) is 2. The van der Waals surface area contributed by atoms with E-state index in [1.54, 1.807) is 0 Å². The van der Waals surface area contributed by atoms with Gasteiger partial charge in [-0.25, -0.2) is 0 Å². The van der Waals surface area contributed by atoms with Crippen LogP contribution in [0.2, 0.25) is 0 Å². The topological polar surface area (TPSA) is 46.2 Å². The summed E-state index contributed by atoms with van der Waals surface area (Å²) in [6.07, 6.45) is 1.32. The normalized spacial score (nSPS) is 12.9. The van der Waals surface area contributed by atoms with Crippen LogP contribution in [-0.4, -0.2) is 5.11 Å². The quantitative estimate of drug-likeness (QED) is 0.725. The summed E-state index contributed by atoms with van der Waals surface area (Å²) in [4.78, 5) is 0. The molecular formula is C12H19NO. The van der Waals surface area contributed by atoms with Gasteiger partial charge >= 0.3 is 0 Å². The lowest BCUT2D eigenvalue weighted by Crippen LogP contribution is -2.03. The number of nitrogens with two attached hydrogens (primary N) is 1. The van der Waals surface area contributed by atoms with Gasteiger partial charge in [-0.2, -0.15) is 0 Å². The summed E-state index contributed by atoms with van der Waals surface area (Å²) in [5.41, 5.74) is 9.80. The molecular weight excluding hydrogens is 174 g/mol. The fraction of sp³-hybridized carbons (Fsp3) is 0.500. The van der Waals surface area contributed by atoms with Crippen LogP contribution in [0.3, 0.4) is 0 Å². The monoisotopic (exact) mass is 193 g/mol. The van der Waals surface area contributed by atoms with Gasteiger partial charge in [-0.1, -0.05) is 19.4 Å². The smallest absolute Gasteiger partial charge is 0.0809 e.